The molecule has 64 valence electrons. The first-order valence-corrected chi connectivity index (χ1v) is 4.66. The highest BCUT2D eigenvalue weighted by Crippen LogP contribution is 2.41. The van der Waals surface area contributed by atoms with Crippen LogP contribution in [-0.2, 0) is 0 Å². The summed E-state index contributed by atoms with van der Waals surface area (Å²) in [5.41, 5.74) is 0.208. The Kier molecular flexibility index (Phi) is 1.69. The van der Waals surface area contributed by atoms with E-state index in [9.17, 15) is 5.11 Å². The van der Waals surface area contributed by atoms with Crippen LogP contribution in [0.1, 0.15) is 32.6 Å². The van der Waals surface area contributed by atoms with E-state index in [0.717, 1.165) is 0 Å². The molecule has 11 heavy (non-hydrogen) atoms. The van der Waals surface area contributed by atoms with Crippen molar-refractivity contribution in [3.63, 3.8) is 0 Å². The highest BCUT2D eigenvalue weighted by molar-refractivity contribution is 5.02. The standard InChI is InChI=1S/C9H17NO/c1-8-3-5-9(7-11)4-2-6-10(8)9/h8,11H,2-7H2,1H3/t8-,9-/m0/s1. The Hall–Kier alpha value is -0.0800. The zero-order valence-corrected chi connectivity index (χ0v) is 7.21. The largest absolute Gasteiger partial charge is 0.394 e. The first-order valence-electron chi connectivity index (χ1n) is 4.66. The van der Waals surface area contributed by atoms with Crippen LogP contribution in [0, 0.1) is 0 Å². The first-order chi connectivity index (χ1) is 5.28. The summed E-state index contributed by atoms with van der Waals surface area (Å²) in [4.78, 5) is 2.51. The topological polar surface area (TPSA) is 23.5 Å². The number of hydrogen-bond donors (Lipinski definition) is 1. The smallest absolute Gasteiger partial charge is 0.0615 e. The average Bonchev–Trinajstić information content (AvgIpc) is 2.53. The van der Waals surface area contributed by atoms with Crippen molar-refractivity contribution in [3.8, 4) is 0 Å². The molecule has 0 spiro atoms. The highest BCUT2D eigenvalue weighted by atomic mass is 16.3. The van der Waals surface area contributed by atoms with Gasteiger partial charge in [-0.1, -0.05) is 0 Å². The minimum atomic E-state index is 0.208. The first kappa shape index (κ1) is 7.56. The number of fused-ring (bicyclic) bond motifs is 1. The van der Waals surface area contributed by atoms with E-state index >= 15 is 0 Å². The van der Waals surface area contributed by atoms with Crippen LogP contribution >= 0.6 is 0 Å². The van der Waals surface area contributed by atoms with E-state index in [-0.39, 0.29) is 5.54 Å². The van der Waals surface area contributed by atoms with Crippen LogP contribution < -0.4 is 0 Å². The summed E-state index contributed by atoms with van der Waals surface area (Å²) in [6, 6.07) is 0.713. The average molecular weight is 155 g/mol. The molecule has 0 aliphatic carbocycles. The third-order valence-corrected chi connectivity index (χ3v) is 3.50. The molecule has 0 amide bonds. The second-order valence-corrected chi connectivity index (χ2v) is 4.07. The van der Waals surface area contributed by atoms with Crippen LogP contribution in [0.15, 0.2) is 0 Å². The molecule has 2 fully saturated rings. The maximum atomic E-state index is 9.30. The zero-order valence-electron chi connectivity index (χ0n) is 7.21. The molecule has 2 rings (SSSR count). The van der Waals surface area contributed by atoms with Gasteiger partial charge in [-0.3, -0.25) is 4.90 Å². The third kappa shape index (κ3) is 0.926. The molecule has 1 N–H and O–H groups in total. The number of nitrogens with zero attached hydrogens (tertiary/aromatic N) is 1. The third-order valence-electron chi connectivity index (χ3n) is 3.50. The van der Waals surface area contributed by atoms with E-state index in [0.29, 0.717) is 12.6 Å². The van der Waals surface area contributed by atoms with Crippen molar-refractivity contribution in [1.29, 1.82) is 0 Å². The van der Waals surface area contributed by atoms with Crippen LogP contribution in [0.4, 0.5) is 0 Å². The van der Waals surface area contributed by atoms with Gasteiger partial charge in [0.2, 0.25) is 0 Å². The lowest BCUT2D eigenvalue weighted by Crippen LogP contribution is -2.44. The van der Waals surface area contributed by atoms with Gasteiger partial charge in [-0.15, -0.1) is 0 Å². The molecule has 2 heterocycles. The van der Waals surface area contributed by atoms with E-state index in [4.69, 9.17) is 0 Å². The van der Waals surface area contributed by atoms with Crippen LogP contribution in [-0.4, -0.2) is 34.7 Å². The van der Waals surface area contributed by atoms with Gasteiger partial charge >= 0.3 is 0 Å². The molecule has 2 aliphatic rings. The molecular weight excluding hydrogens is 138 g/mol. The fourth-order valence-electron chi connectivity index (χ4n) is 2.80. The zero-order chi connectivity index (χ0) is 7.90. The summed E-state index contributed by atoms with van der Waals surface area (Å²) >= 11 is 0. The molecule has 2 atom stereocenters. The minimum absolute atomic E-state index is 0.208. The number of hydrogen-bond acceptors (Lipinski definition) is 2. The fourth-order valence-corrected chi connectivity index (χ4v) is 2.80. The number of rotatable bonds is 1. The van der Waals surface area contributed by atoms with Crippen molar-refractivity contribution >= 4 is 0 Å². The van der Waals surface area contributed by atoms with E-state index in [1.165, 1.54) is 32.2 Å². The fraction of sp³-hybridized carbons (Fsp3) is 1.00. The predicted octanol–water partition coefficient (Wildman–Crippen LogP) is 0.996. The van der Waals surface area contributed by atoms with Gasteiger partial charge in [-0.05, 0) is 39.2 Å². The highest BCUT2D eigenvalue weighted by Gasteiger charge is 2.46. The van der Waals surface area contributed by atoms with E-state index in [2.05, 4.69) is 11.8 Å². The van der Waals surface area contributed by atoms with Gasteiger partial charge in [0, 0.05) is 11.6 Å². The predicted molar refractivity (Wildman–Crippen MR) is 44.5 cm³/mol. The Morgan fingerprint density at radius 2 is 2.36 bits per heavy atom. The molecule has 0 saturated carbocycles. The van der Waals surface area contributed by atoms with Crippen molar-refractivity contribution in [3.05, 3.63) is 0 Å². The molecule has 0 aromatic rings. The van der Waals surface area contributed by atoms with Crippen LogP contribution in [0.2, 0.25) is 0 Å². The van der Waals surface area contributed by atoms with Crippen molar-refractivity contribution in [2.24, 2.45) is 0 Å². The quantitative estimate of drug-likeness (QED) is 0.610. The molecule has 2 nitrogen and oxygen atoms in total. The van der Waals surface area contributed by atoms with Crippen molar-refractivity contribution in [2.75, 3.05) is 13.2 Å². The summed E-state index contributed by atoms with van der Waals surface area (Å²) in [6.07, 6.45) is 4.99. The van der Waals surface area contributed by atoms with Gasteiger partial charge in [0.1, 0.15) is 0 Å². The number of aliphatic hydroxyl groups excluding tert-OH is 1. The summed E-state index contributed by atoms with van der Waals surface area (Å²) in [5, 5.41) is 9.30. The van der Waals surface area contributed by atoms with Gasteiger partial charge in [0.25, 0.3) is 0 Å². The molecule has 0 radical (unpaired) electrons. The lowest BCUT2D eigenvalue weighted by molar-refractivity contribution is 0.0818. The number of aliphatic hydroxyl groups is 1. The Morgan fingerprint density at radius 3 is 3.00 bits per heavy atom. The molecule has 2 heteroatoms. The minimum Gasteiger partial charge on any atom is -0.394 e. The maximum Gasteiger partial charge on any atom is 0.0615 e. The molecule has 2 aliphatic heterocycles. The Labute approximate surface area is 68.2 Å². The van der Waals surface area contributed by atoms with Gasteiger partial charge in [-0.25, -0.2) is 0 Å². The lowest BCUT2D eigenvalue weighted by atomic mass is 9.95. The van der Waals surface area contributed by atoms with Crippen LogP contribution in [0.3, 0.4) is 0 Å². The Morgan fingerprint density at radius 1 is 1.55 bits per heavy atom. The monoisotopic (exact) mass is 155 g/mol. The van der Waals surface area contributed by atoms with E-state index < -0.39 is 0 Å². The van der Waals surface area contributed by atoms with Crippen LogP contribution in [0.5, 0.6) is 0 Å². The second kappa shape index (κ2) is 2.46. The van der Waals surface area contributed by atoms with Gasteiger partial charge in [-0.2, -0.15) is 0 Å². The second-order valence-electron chi connectivity index (χ2n) is 4.07. The summed E-state index contributed by atoms with van der Waals surface area (Å²) in [6.45, 7) is 3.86. The molecule has 0 unspecified atom stereocenters. The van der Waals surface area contributed by atoms with Crippen molar-refractivity contribution in [2.45, 2.75) is 44.2 Å². The maximum absolute atomic E-state index is 9.30. The SMILES string of the molecule is C[C@H]1CC[C@]2(CO)CCCN12. The molecule has 0 bridgehead atoms. The van der Waals surface area contributed by atoms with E-state index in [1.54, 1.807) is 0 Å². The van der Waals surface area contributed by atoms with Gasteiger partial charge < -0.3 is 5.11 Å². The normalized spacial score (nSPS) is 44.7. The Balaban J connectivity index is 2.18. The summed E-state index contributed by atoms with van der Waals surface area (Å²) < 4.78 is 0. The summed E-state index contributed by atoms with van der Waals surface area (Å²) in [7, 11) is 0. The molecular formula is C9H17NO. The van der Waals surface area contributed by atoms with Gasteiger partial charge in [0.15, 0.2) is 0 Å². The molecule has 0 aromatic carbocycles. The van der Waals surface area contributed by atoms with Crippen LogP contribution in [0.25, 0.3) is 0 Å². The molecule has 0 aromatic heterocycles. The van der Waals surface area contributed by atoms with Crippen molar-refractivity contribution < 1.29 is 5.11 Å². The van der Waals surface area contributed by atoms with Gasteiger partial charge in [0.05, 0.1) is 6.61 Å². The Bertz CT molecular complexity index is 160. The molecule has 2 saturated heterocycles. The van der Waals surface area contributed by atoms with Crippen molar-refractivity contribution in [1.82, 2.24) is 4.90 Å². The lowest BCUT2D eigenvalue weighted by Gasteiger charge is -2.31. The van der Waals surface area contributed by atoms with E-state index in [1.807, 2.05) is 0 Å². The summed E-state index contributed by atoms with van der Waals surface area (Å²) in [5.74, 6) is 0.